The van der Waals surface area contributed by atoms with Gasteiger partial charge in [0.25, 0.3) is 11.1 Å². The summed E-state index contributed by atoms with van der Waals surface area (Å²) >= 11 is 10.2. The van der Waals surface area contributed by atoms with Crippen LogP contribution in [0.4, 0.5) is 10.5 Å². The summed E-state index contributed by atoms with van der Waals surface area (Å²) in [5.41, 5.74) is 2.04. The zero-order valence-corrected chi connectivity index (χ0v) is 19.4. The van der Waals surface area contributed by atoms with Crippen LogP contribution in [0.5, 0.6) is 5.75 Å². The summed E-state index contributed by atoms with van der Waals surface area (Å²) in [4.78, 5) is 38.6. The third-order valence-electron chi connectivity index (χ3n) is 4.19. The Bertz CT molecular complexity index is 1060. The van der Waals surface area contributed by atoms with Gasteiger partial charge in [0.05, 0.1) is 11.5 Å². The van der Waals surface area contributed by atoms with E-state index in [1.165, 1.54) is 0 Å². The molecule has 1 aliphatic rings. The van der Waals surface area contributed by atoms with Crippen molar-refractivity contribution >= 4 is 68.1 Å². The molecule has 0 atom stereocenters. The molecule has 1 aliphatic heterocycles. The van der Waals surface area contributed by atoms with Crippen LogP contribution in [-0.2, 0) is 9.59 Å². The highest BCUT2D eigenvalue weighted by Gasteiger charge is 2.36. The highest BCUT2D eigenvalue weighted by atomic mass is 79.9. The zero-order chi connectivity index (χ0) is 21.8. The molecule has 0 radical (unpaired) electrons. The summed E-state index contributed by atoms with van der Waals surface area (Å²) in [6, 6.07) is 10.5. The van der Waals surface area contributed by atoms with Gasteiger partial charge in [-0.1, -0.05) is 33.6 Å². The lowest BCUT2D eigenvalue weighted by atomic mass is 10.2. The lowest BCUT2D eigenvalue weighted by Crippen LogP contribution is -2.36. The Morgan fingerprint density at radius 2 is 2.03 bits per heavy atom. The van der Waals surface area contributed by atoms with Crippen molar-refractivity contribution in [1.29, 1.82) is 0 Å². The van der Waals surface area contributed by atoms with Crippen LogP contribution in [0.2, 0.25) is 5.02 Å². The van der Waals surface area contributed by atoms with Gasteiger partial charge in [-0.3, -0.25) is 19.3 Å². The molecule has 3 rings (SSSR count). The molecule has 156 valence electrons. The lowest BCUT2D eigenvalue weighted by molar-refractivity contribution is -0.127. The number of nitrogens with one attached hydrogen (secondary N) is 1. The van der Waals surface area contributed by atoms with Gasteiger partial charge in [-0.2, -0.15) is 0 Å². The number of ether oxygens (including phenoxy) is 1. The minimum atomic E-state index is -0.524. The molecule has 0 bridgehead atoms. The molecular weight excluding hydrogens is 492 g/mol. The summed E-state index contributed by atoms with van der Waals surface area (Å²) in [6.07, 6.45) is 1.60. The fourth-order valence-electron chi connectivity index (χ4n) is 2.71. The Labute approximate surface area is 191 Å². The van der Waals surface area contributed by atoms with E-state index in [2.05, 4.69) is 21.2 Å². The third-order valence-corrected chi connectivity index (χ3v) is 6.00. The first kappa shape index (κ1) is 22.4. The van der Waals surface area contributed by atoms with Crippen molar-refractivity contribution < 1.29 is 19.1 Å². The number of halogens is 2. The molecule has 1 heterocycles. The molecule has 3 amide bonds. The highest BCUT2D eigenvalue weighted by Crippen LogP contribution is 2.35. The number of nitrogens with zero attached hydrogens (tertiary/aromatic N) is 1. The predicted molar refractivity (Wildman–Crippen MR) is 123 cm³/mol. The van der Waals surface area contributed by atoms with E-state index in [1.807, 2.05) is 19.9 Å². The van der Waals surface area contributed by atoms with Crippen molar-refractivity contribution in [3.05, 3.63) is 61.9 Å². The maximum absolute atomic E-state index is 12.7. The van der Waals surface area contributed by atoms with Gasteiger partial charge in [0.2, 0.25) is 5.91 Å². The number of benzene rings is 2. The standard InChI is InChI=1S/C21H18BrClN2O4S/c1-3-29-17-7-5-14(22)8-13(17)9-18-20(27)25(21(28)30-18)11-19(26)24-15-6-4-12(2)16(23)10-15/h4-10H,3,11H2,1-2H3,(H,24,26)/b18-9+. The fraction of sp³-hybridized carbons (Fsp3) is 0.190. The fourth-order valence-corrected chi connectivity index (χ4v) is 4.10. The van der Waals surface area contributed by atoms with Crippen LogP contribution in [0.15, 0.2) is 45.8 Å². The molecule has 1 N–H and O–H groups in total. The Hall–Kier alpha value is -2.29. The van der Waals surface area contributed by atoms with Crippen molar-refractivity contribution in [3.8, 4) is 5.75 Å². The normalized spacial score (nSPS) is 15.1. The van der Waals surface area contributed by atoms with Crippen molar-refractivity contribution in [3.63, 3.8) is 0 Å². The van der Waals surface area contributed by atoms with Gasteiger partial charge in [0, 0.05) is 20.7 Å². The molecule has 0 aliphatic carbocycles. The summed E-state index contributed by atoms with van der Waals surface area (Å²) < 4.78 is 6.39. The van der Waals surface area contributed by atoms with E-state index < -0.39 is 17.1 Å². The molecule has 30 heavy (non-hydrogen) atoms. The Morgan fingerprint density at radius 1 is 1.27 bits per heavy atom. The molecule has 0 spiro atoms. The van der Waals surface area contributed by atoms with Gasteiger partial charge in [-0.05, 0) is 67.6 Å². The van der Waals surface area contributed by atoms with Crippen molar-refractivity contribution in [1.82, 2.24) is 4.90 Å². The van der Waals surface area contributed by atoms with E-state index in [0.29, 0.717) is 28.6 Å². The first-order valence-corrected chi connectivity index (χ1v) is 11.0. The molecule has 6 nitrogen and oxygen atoms in total. The largest absolute Gasteiger partial charge is 0.493 e. The van der Waals surface area contributed by atoms with Crippen LogP contribution < -0.4 is 10.1 Å². The number of amides is 3. The van der Waals surface area contributed by atoms with E-state index in [0.717, 1.165) is 26.7 Å². The molecule has 2 aromatic rings. The summed E-state index contributed by atoms with van der Waals surface area (Å²) in [5.74, 6) is -0.415. The second kappa shape index (κ2) is 9.68. The second-order valence-corrected chi connectivity index (χ2v) is 8.71. The van der Waals surface area contributed by atoms with Crippen molar-refractivity contribution in [2.75, 3.05) is 18.5 Å². The molecule has 0 saturated carbocycles. The second-order valence-electron chi connectivity index (χ2n) is 6.40. The average molecular weight is 510 g/mol. The number of hydrogen-bond acceptors (Lipinski definition) is 5. The Kier molecular flexibility index (Phi) is 7.23. The number of hydrogen-bond donors (Lipinski definition) is 1. The molecule has 2 aromatic carbocycles. The lowest BCUT2D eigenvalue weighted by Gasteiger charge is -2.13. The molecule has 1 fully saturated rings. The van der Waals surface area contributed by atoms with E-state index in [4.69, 9.17) is 16.3 Å². The minimum absolute atomic E-state index is 0.227. The van der Waals surface area contributed by atoms with Gasteiger partial charge in [-0.15, -0.1) is 0 Å². The maximum Gasteiger partial charge on any atom is 0.294 e. The first-order valence-electron chi connectivity index (χ1n) is 9.02. The van der Waals surface area contributed by atoms with Crippen molar-refractivity contribution in [2.45, 2.75) is 13.8 Å². The Morgan fingerprint density at radius 3 is 2.73 bits per heavy atom. The Balaban J connectivity index is 1.74. The number of carbonyl (C=O) groups excluding carboxylic acids is 3. The van der Waals surface area contributed by atoms with E-state index in [-0.39, 0.29) is 11.4 Å². The zero-order valence-electron chi connectivity index (χ0n) is 16.2. The minimum Gasteiger partial charge on any atom is -0.493 e. The smallest absolute Gasteiger partial charge is 0.294 e. The van der Waals surface area contributed by atoms with E-state index in [1.54, 1.807) is 36.4 Å². The van der Waals surface area contributed by atoms with Gasteiger partial charge >= 0.3 is 0 Å². The molecule has 0 unspecified atom stereocenters. The van der Waals surface area contributed by atoms with Crippen LogP contribution in [0.1, 0.15) is 18.1 Å². The molecule has 1 saturated heterocycles. The molecule has 9 heteroatoms. The number of thioether (sulfide) groups is 1. The van der Waals surface area contributed by atoms with Crippen LogP contribution in [-0.4, -0.2) is 35.1 Å². The number of imide groups is 1. The predicted octanol–water partition coefficient (Wildman–Crippen LogP) is 5.48. The number of carbonyl (C=O) groups is 3. The van der Waals surface area contributed by atoms with E-state index >= 15 is 0 Å². The summed E-state index contributed by atoms with van der Waals surface area (Å²) in [6.45, 7) is 3.79. The summed E-state index contributed by atoms with van der Waals surface area (Å²) in [7, 11) is 0. The van der Waals surface area contributed by atoms with Crippen LogP contribution in [0.25, 0.3) is 6.08 Å². The number of rotatable bonds is 6. The van der Waals surface area contributed by atoms with Gasteiger partial charge < -0.3 is 10.1 Å². The summed E-state index contributed by atoms with van der Waals surface area (Å²) in [5, 5.41) is 2.66. The van der Waals surface area contributed by atoms with Crippen molar-refractivity contribution in [2.24, 2.45) is 0 Å². The van der Waals surface area contributed by atoms with Gasteiger partial charge in [0.15, 0.2) is 0 Å². The first-order chi connectivity index (χ1) is 14.3. The SMILES string of the molecule is CCOc1ccc(Br)cc1/C=C1/SC(=O)N(CC(=O)Nc2ccc(C)c(Cl)c2)C1=O. The van der Waals surface area contributed by atoms with Gasteiger partial charge in [0.1, 0.15) is 12.3 Å². The number of aryl methyl sites for hydroxylation is 1. The molecular formula is C21H18BrClN2O4S. The average Bonchev–Trinajstić information content (AvgIpc) is 2.94. The third kappa shape index (κ3) is 5.24. The van der Waals surface area contributed by atoms with Crippen LogP contribution in [0.3, 0.4) is 0 Å². The highest BCUT2D eigenvalue weighted by molar-refractivity contribution is 9.10. The maximum atomic E-state index is 12.7. The van der Waals surface area contributed by atoms with Crippen LogP contribution >= 0.6 is 39.3 Å². The van der Waals surface area contributed by atoms with Crippen LogP contribution in [0, 0.1) is 6.92 Å². The quantitative estimate of drug-likeness (QED) is 0.522. The monoisotopic (exact) mass is 508 g/mol. The van der Waals surface area contributed by atoms with Gasteiger partial charge in [-0.25, -0.2) is 0 Å². The topological polar surface area (TPSA) is 75.7 Å². The van der Waals surface area contributed by atoms with E-state index in [9.17, 15) is 14.4 Å². The molecule has 0 aromatic heterocycles. The number of anilines is 1.